The zero-order chi connectivity index (χ0) is 21.5. The van der Waals surface area contributed by atoms with Crippen molar-refractivity contribution in [1.29, 1.82) is 0 Å². The van der Waals surface area contributed by atoms with Crippen molar-refractivity contribution in [2.45, 2.75) is 19.9 Å². The van der Waals surface area contributed by atoms with Crippen LogP contribution in [-0.2, 0) is 14.5 Å². The van der Waals surface area contributed by atoms with E-state index < -0.39 is 12.0 Å². The molecule has 0 bridgehead atoms. The highest BCUT2D eigenvalue weighted by Crippen LogP contribution is 2.37. The molecule has 0 saturated carbocycles. The lowest BCUT2D eigenvalue weighted by Gasteiger charge is -2.21. The minimum atomic E-state index is -0.568. The molecule has 0 radical (unpaired) electrons. The minimum Gasteiger partial charge on any atom is -0.320 e. The molecule has 1 unspecified atom stereocenters. The third-order valence-corrected chi connectivity index (χ3v) is 4.79. The number of hydrogen-bond donors (Lipinski definition) is 1. The van der Waals surface area contributed by atoms with E-state index in [-0.39, 0.29) is 0 Å². The lowest BCUT2D eigenvalue weighted by atomic mass is 9.86. The largest absolute Gasteiger partial charge is 0.352 e. The SMILES string of the molecule is CC(=O)OOc1cccc(C(C=O)=C(c2ccccc2)C(N)c2ccccc2)c1C. The zero-order valence-electron chi connectivity index (χ0n) is 16.9. The summed E-state index contributed by atoms with van der Waals surface area (Å²) in [6.07, 6.45) is 0.809. The molecular weight excluding hydrogens is 378 g/mol. The van der Waals surface area contributed by atoms with E-state index in [1.807, 2.05) is 66.7 Å². The van der Waals surface area contributed by atoms with Gasteiger partial charge in [0.2, 0.25) is 0 Å². The van der Waals surface area contributed by atoms with Crippen molar-refractivity contribution in [3.05, 3.63) is 101 Å². The van der Waals surface area contributed by atoms with Gasteiger partial charge in [-0.15, -0.1) is 0 Å². The Balaban J connectivity index is 2.21. The number of carbonyl (C=O) groups excluding carboxylic acids is 2. The van der Waals surface area contributed by atoms with Gasteiger partial charge in [0.05, 0.1) is 6.04 Å². The van der Waals surface area contributed by atoms with Crippen LogP contribution >= 0.6 is 0 Å². The molecule has 0 saturated heterocycles. The van der Waals surface area contributed by atoms with Gasteiger partial charge in [0.15, 0.2) is 12.0 Å². The van der Waals surface area contributed by atoms with Crippen molar-refractivity contribution in [3.63, 3.8) is 0 Å². The minimum absolute atomic E-state index is 0.350. The number of hydrogen-bond acceptors (Lipinski definition) is 5. The molecule has 30 heavy (non-hydrogen) atoms. The Morgan fingerprint density at radius 3 is 2.17 bits per heavy atom. The lowest BCUT2D eigenvalue weighted by molar-refractivity contribution is -0.211. The van der Waals surface area contributed by atoms with Gasteiger partial charge in [0.1, 0.15) is 0 Å². The molecule has 3 aromatic rings. The predicted molar refractivity (Wildman–Crippen MR) is 116 cm³/mol. The fourth-order valence-corrected chi connectivity index (χ4v) is 3.32. The molecule has 0 aliphatic heterocycles. The topological polar surface area (TPSA) is 78.6 Å². The number of allylic oxidation sites excluding steroid dienone is 1. The summed E-state index contributed by atoms with van der Waals surface area (Å²) in [6.45, 7) is 3.05. The standard InChI is InChI=1S/C25H23NO4/c1-17-21(14-9-15-23(17)30-29-18(2)28)22(16-27)24(19-10-5-3-6-11-19)25(26)20-12-7-4-8-13-20/h3-16,25H,26H2,1-2H3. The molecule has 0 aliphatic rings. The number of carbonyl (C=O) groups is 2. The molecule has 1 atom stereocenters. The van der Waals surface area contributed by atoms with Crippen LogP contribution in [0.15, 0.2) is 78.9 Å². The Hall–Kier alpha value is -3.70. The summed E-state index contributed by atoms with van der Waals surface area (Å²) in [7, 11) is 0. The van der Waals surface area contributed by atoms with Crippen molar-refractivity contribution in [2.24, 2.45) is 5.73 Å². The summed E-state index contributed by atoms with van der Waals surface area (Å²) in [4.78, 5) is 33.3. The summed E-state index contributed by atoms with van der Waals surface area (Å²) >= 11 is 0. The Morgan fingerprint density at radius 2 is 1.57 bits per heavy atom. The molecule has 3 aromatic carbocycles. The van der Waals surface area contributed by atoms with Gasteiger partial charge >= 0.3 is 5.97 Å². The van der Waals surface area contributed by atoms with Crippen molar-refractivity contribution in [3.8, 4) is 5.75 Å². The Kier molecular flexibility index (Phi) is 6.78. The second-order valence-corrected chi connectivity index (χ2v) is 6.79. The fourth-order valence-electron chi connectivity index (χ4n) is 3.32. The van der Waals surface area contributed by atoms with Gasteiger partial charge in [0, 0.05) is 18.1 Å². The fraction of sp³-hybridized carbons (Fsp3) is 0.120. The van der Waals surface area contributed by atoms with E-state index in [0.717, 1.165) is 17.4 Å². The lowest BCUT2D eigenvalue weighted by Crippen LogP contribution is -2.15. The molecule has 5 nitrogen and oxygen atoms in total. The van der Waals surface area contributed by atoms with Crippen molar-refractivity contribution >= 4 is 23.4 Å². The number of rotatable bonds is 7. The highest BCUT2D eigenvalue weighted by molar-refractivity contribution is 6.18. The highest BCUT2D eigenvalue weighted by atomic mass is 17.2. The first-order valence-electron chi connectivity index (χ1n) is 9.53. The van der Waals surface area contributed by atoms with Gasteiger partial charge < -0.3 is 5.73 Å². The van der Waals surface area contributed by atoms with E-state index in [0.29, 0.717) is 28.0 Å². The Morgan fingerprint density at radius 1 is 0.933 bits per heavy atom. The van der Waals surface area contributed by atoms with Crippen molar-refractivity contribution in [1.82, 2.24) is 0 Å². The number of benzene rings is 3. The van der Waals surface area contributed by atoms with Gasteiger partial charge in [0.25, 0.3) is 0 Å². The summed E-state index contributed by atoms with van der Waals surface area (Å²) < 4.78 is 0. The Bertz CT molecular complexity index is 1060. The van der Waals surface area contributed by atoms with Crippen LogP contribution in [0.3, 0.4) is 0 Å². The van der Waals surface area contributed by atoms with E-state index in [4.69, 9.17) is 10.6 Å². The van der Waals surface area contributed by atoms with Crippen LogP contribution in [0.5, 0.6) is 5.75 Å². The first kappa shape index (κ1) is 21.0. The predicted octanol–water partition coefficient (Wildman–Crippen LogP) is 4.66. The normalized spacial score (nSPS) is 12.5. The number of nitrogens with two attached hydrogens (primary N) is 1. The van der Waals surface area contributed by atoms with Crippen molar-refractivity contribution in [2.75, 3.05) is 0 Å². The first-order valence-corrected chi connectivity index (χ1v) is 9.53. The maximum Gasteiger partial charge on any atom is 0.352 e. The van der Waals surface area contributed by atoms with Crippen LogP contribution in [0.4, 0.5) is 0 Å². The molecule has 0 aliphatic carbocycles. The van der Waals surface area contributed by atoms with Crippen molar-refractivity contribution < 1.29 is 19.4 Å². The van der Waals surface area contributed by atoms with Gasteiger partial charge in [-0.3, -0.25) is 14.6 Å². The second kappa shape index (κ2) is 9.67. The molecule has 2 N–H and O–H groups in total. The first-order chi connectivity index (χ1) is 14.5. The maximum atomic E-state index is 12.3. The monoisotopic (exact) mass is 401 g/mol. The van der Waals surface area contributed by atoms with E-state index in [1.165, 1.54) is 6.92 Å². The summed E-state index contributed by atoms with van der Waals surface area (Å²) in [5, 5.41) is 0. The van der Waals surface area contributed by atoms with Crippen LogP contribution in [0.2, 0.25) is 0 Å². The Labute approximate surface area is 175 Å². The third-order valence-electron chi connectivity index (χ3n) is 4.79. The van der Waals surface area contributed by atoms with E-state index in [9.17, 15) is 9.59 Å². The van der Waals surface area contributed by atoms with E-state index >= 15 is 0 Å². The smallest absolute Gasteiger partial charge is 0.320 e. The summed E-state index contributed by atoms with van der Waals surface area (Å²) in [5.41, 5.74) is 10.9. The summed E-state index contributed by atoms with van der Waals surface area (Å²) in [5.74, 6) is -0.218. The van der Waals surface area contributed by atoms with Gasteiger partial charge in [-0.2, -0.15) is 0 Å². The van der Waals surface area contributed by atoms with Gasteiger partial charge in [-0.05, 0) is 35.3 Å². The highest BCUT2D eigenvalue weighted by Gasteiger charge is 2.21. The average Bonchev–Trinajstić information content (AvgIpc) is 2.77. The zero-order valence-corrected chi connectivity index (χ0v) is 16.9. The summed E-state index contributed by atoms with van der Waals surface area (Å²) in [6, 6.07) is 23.9. The quantitative estimate of drug-likeness (QED) is 0.205. The second-order valence-electron chi connectivity index (χ2n) is 6.79. The van der Waals surface area contributed by atoms with Crippen LogP contribution in [-0.4, -0.2) is 12.3 Å². The average molecular weight is 401 g/mol. The third kappa shape index (κ3) is 4.64. The van der Waals surface area contributed by atoms with Crippen LogP contribution < -0.4 is 10.6 Å². The van der Waals surface area contributed by atoms with Gasteiger partial charge in [-0.25, -0.2) is 4.79 Å². The van der Waals surface area contributed by atoms with Crippen LogP contribution in [0.1, 0.15) is 35.2 Å². The van der Waals surface area contributed by atoms with Crippen LogP contribution in [0.25, 0.3) is 11.1 Å². The number of aldehydes is 1. The van der Waals surface area contributed by atoms with Gasteiger partial charge in [-0.1, -0.05) is 72.8 Å². The van der Waals surface area contributed by atoms with Crippen LogP contribution in [0, 0.1) is 6.92 Å². The molecule has 5 heteroatoms. The molecule has 3 rings (SSSR count). The van der Waals surface area contributed by atoms with E-state index in [2.05, 4.69) is 4.89 Å². The molecule has 0 spiro atoms. The maximum absolute atomic E-state index is 12.3. The molecule has 152 valence electrons. The molecule has 0 fully saturated rings. The molecular formula is C25H23NO4. The van der Waals surface area contributed by atoms with E-state index in [1.54, 1.807) is 19.1 Å². The molecule has 0 heterocycles. The molecule has 0 aromatic heterocycles. The molecule has 0 amide bonds.